The summed E-state index contributed by atoms with van der Waals surface area (Å²) in [5.41, 5.74) is 8.94. The summed E-state index contributed by atoms with van der Waals surface area (Å²) in [6.07, 6.45) is 2.13. The van der Waals surface area contributed by atoms with Crippen molar-refractivity contribution in [3.05, 3.63) is 23.8 Å². The zero-order valence-electron chi connectivity index (χ0n) is 9.92. The van der Waals surface area contributed by atoms with Crippen LogP contribution in [0.3, 0.4) is 0 Å². The molecule has 0 fully saturated rings. The number of thioether (sulfide) groups is 1. The highest BCUT2D eigenvalue weighted by Crippen LogP contribution is 2.24. The Morgan fingerprint density at radius 3 is 2.67 bits per heavy atom. The molecule has 0 amide bonds. The molecule has 84 valence electrons. The number of hydrogen-bond acceptors (Lipinski definition) is 3. The van der Waals surface area contributed by atoms with Gasteiger partial charge in [0, 0.05) is 22.7 Å². The van der Waals surface area contributed by atoms with Crippen LogP contribution in [0.1, 0.15) is 19.4 Å². The van der Waals surface area contributed by atoms with Crippen LogP contribution in [0.4, 0.5) is 11.4 Å². The van der Waals surface area contributed by atoms with Gasteiger partial charge in [-0.2, -0.15) is 11.8 Å². The zero-order valence-corrected chi connectivity index (χ0v) is 10.7. The first-order valence-corrected chi connectivity index (χ1v) is 6.32. The van der Waals surface area contributed by atoms with Gasteiger partial charge in [-0.05, 0) is 44.7 Å². The normalized spacial score (nSPS) is 11.5. The molecule has 0 unspecified atom stereocenters. The van der Waals surface area contributed by atoms with Crippen LogP contribution in [0.2, 0.25) is 0 Å². The maximum Gasteiger partial charge on any atom is 0.0391 e. The maximum absolute atomic E-state index is 5.75. The highest BCUT2D eigenvalue weighted by atomic mass is 32.2. The van der Waals surface area contributed by atoms with E-state index < -0.39 is 0 Å². The van der Waals surface area contributed by atoms with Gasteiger partial charge in [-0.1, -0.05) is 6.07 Å². The Kier molecular flexibility index (Phi) is 3.91. The van der Waals surface area contributed by atoms with Crippen LogP contribution in [-0.2, 0) is 0 Å². The highest BCUT2D eigenvalue weighted by Gasteiger charge is 2.15. The van der Waals surface area contributed by atoms with Crippen LogP contribution in [0.25, 0.3) is 0 Å². The molecule has 0 radical (unpaired) electrons. The lowest BCUT2D eigenvalue weighted by Gasteiger charge is -2.23. The minimum absolute atomic E-state index is 0.247. The van der Waals surface area contributed by atoms with Crippen molar-refractivity contribution in [1.29, 1.82) is 0 Å². The van der Waals surface area contributed by atoms with Gasteiger partial charge in [-0.3, -0.25) is 0 Å². The van der Waals surface area contributed by atoms with E-state index in [0.29, 0.717) is 0 Å². The third kappa shape index (κ3) is 3.67. The molecule has 0 saturated heterocycles. The number of hydrogen-bond donors (Lipinski definition) is 2. The molecule has 0 spiro atoms. The molecule has 2 nitrogen and oxygen atoms in total. The van der Waals surface area contributed by atoms with Crippen molar-refractivity contribution in [3.8, 4) is 0 Å². The van der Waals surface area contributed by atoms with E-state index in [9.17, 15) is 0 Å². The van der Waals surface area contributed by atoms with Gasteiger partial charge in [0.1, 0.15) is 0 Å². The number of benzene rings is 1. The third-order valence-corrected chi connectivity index (χ3v) is 3.77. The van der Waals surface area contributed by atoms with Crippen molar-refractivity contribution in [2.45, 2.75) is 25.5 Å². The molecule has 0 aliphatic heterocycles. The number of nitrogens with one attached hydrogen (secondary N) is 1. The fourth-order valence-electron chi connectivity index (χ4n) is 1.21. The standard InChI is InChI=1S/C12H20N2S/c1-9-5-6-10(13)7-11(9)14-8-12(2,3)15-4/h5-7,14H,8,13H2,1-4H3. The van der Waals surface area contributed by atoms with Crippen LogP contribution >= 0.6 is 11.8 Å². The van der Waals surface area contributed by atoms with Gasteiger partial charge in [0.25, 0.3) is 0 Å². The van der Waals surface area contributed by atoms with Crippen LogP contribution in [-0.4, -0.2) is 17.5 Å². The molecule has 15 heavy (non-hydrogen) atoms. The van der Waals surface area contributed by atoms with Crippen molar-refractivity contribution in [2.24, 2.45) is 0 Å². The predicted octanol–water partition coefficient (Wildman–Crippen LogP) is 3.13. The first-order chi connectivity index (χ1) is 6.94. The van der Waals surface area contributed by atoms with Gasteiger partial charge in [-0.25, -0.2) is 0 Å². The molecule has 0 atom stereocenters. The summed E-state index contributed by atoms with van der Waals surface area (Å²) in [5, 5.41) is 3.44. The summed E-state index contributed by atoms with van der Waals surface area (Å²) < 4.78 is 0.247. The summed E-state index contributed by atoms with van der Waals surface area (Å²) >= 11 is 1.86. The van der Waals surface area contributed by atoms with Crippen molar-refractivity contribution >= 4 is 23.1 Å². The maximum atomic E-state index is 5.75. The molecule has 0 aromatic heterocycles. The van der Waals surface area contributed by atoms with E-state index in [-0.39, 0.29) is 4.75 Å². The monoisotopic (exact) mass is 224 g/mol. The second-order valence-electron chi connectivity index (χ2n) is 4.39. The highest BCUT2D eigenvalue weighted by molar-refractivity contribution is 7.99. The Bertz CT molecular complexity index is 334. The van der Waals surface area contributed by atoms with E-state index in [1.807, 2.05) is 30.0 Å². The molecule has 0 heterocycles. The third-order valence-electron chi connectivity index (χ3n) is 2.52. The SMILES string of the molecule is CSC(C)(C)CNc1cc(N)ccc1C. The van der Waals surface area contributed by atoms with E-state index in [0.717, 1.165) is 17.9 Å². The molecular weight excluding hydrogens is 204 g/mol. The summed E-state index contributed by atoms with van der Waals surface area (Å²) in [6.45, 7) is 7.49. The molecule has 0 aliphatic carbocycles. The summed E-state index contributed by atoms with van der Waals surface area (Å²) in [6, 6.07) is 5.97. The lowest BCUT2D eigenvalue weighted by molar-refractivity contribution is 0.752. The Balaban J connectivity index is 2.69. The number of rotatable bonds is 4. The smallest absolute Gasteiger partial charge is 0.0391 e. The van der Waals surface area contributed by atoms with Gasteiger partial charge < -0.3 is 11.1 Å². The number of nitrogens with two attached hydrogens (primary N) is 1. The molecule has 1 aromatic carbocycles. The van der Waals surface area contributed by atoms with E-state index in [1.54, 1.807) is 0 Å². The van der Waals surface area contributed by atoms with Gasteiger partial charge in [0.2, 0.25) is 0 Å². The first kappa shape index (κ1) is 12.2. The molecule has 3 N–H and O–H groups in total. The topological polar surface area (TPSA) is 38.0 Å². The van der Waals surface area contributed by atoms with E-state index in [1.165, 1.54) is 5.56 Å². The Hall–Kier alpha value is -0.830. The average molecular weight is 224 g/mol. The summed E-state index contributed by atoms with van der Waals surface area (Å²) in [5.74, 6) is 0. The Labute approximate surface area is 96.6 Å². The molecule has 0 aliphatic rings. The second kappa shape index (κ2) is 4.79. The van der Waals surface area contributed by atoms with Gasteiger partial charge in [-0.15, -0.1) is 0 Å². The molecule has 0 saturated carbocycles. The number of anilines is 2. The van der Waals surface area contributed by atoms with E-state index >= 15 is 0 Å². The number of aryl methyl sites for hydroxylation is 1. The second-order valence-corrected chi connectivity index (χ2v) is 5.91. The van der Waals surface area contributed by atoms with Gasteiger partial charge in [0.05, 0.1) is 0 Å². The molecule has 3 heteroatoms. The fourth-order valence-corrected chi connectivity index (χ4v) is 1.43. The number of nitrogen functional groups attached to an aromatic ring is 1. The average Bonchev–Trinajstić information content (AvgIpc) is 2.20. The Morgan fingerprint density at radius 2 is 2.07 bits per heavy atom. The Morgan fingerprint density at radius 1 is 1.40 bits per heavy atom. The quantitative estimate of drug-likeness (QED) is 0.772. The van der Waals surface area contributed by atoms with Crippen molar-refractivity contribution in [1.82, 2.24) is 0 Å². The fraction of sp³-hybridized carbons (Fsp3) is 0.500. The molecular formula is C12H20N2S. The van der Waals surface area contributed by atoms with E-state index in [2.05, 4.69) is 32.3 Å². The molecule has 1 aromatic rings. The predicted molar refractivity (Wildman–Crippen MR) is 71.7 cm³/mol. The zero-order chi connectivity index (χ0) is 11.5. The van der Waals surface area contributed by atoms with Crippen LogP contribution < -0.4 is 11.1 Å². The summed E-state index contributed by atoms with van der Waals surface area (Å²) in [4.78, 5) is 0. The van der Waals surface area contributed by atoms with Crippen molar-refractivity contribution in [3.63, 3.8) is 0 Å². The molecule has 1 rings (SSSR count). The minimum atomic E-state index is 0.247. The van der Waals surface area contributed by atoms with Crippen LogP contribution in [0.5, 0.6) is 0 Å². The first-order valence-electron chi connectivity index (χ1n) is 5.10. The van der Waals surface area contributed by atoms with E-state index in [4.69, 9.17) is 5.73 Å². The van der Waals surface area contributed by atoms with Crippen LogP contribution in [0.15, 0.2) is 18.2 Å². The van der Waals surface area contributed by atoms with Gasteiger partial charge in [0.15, 0.2) is 0 Å². The lowest BCUT2D eigenvalue weighted by Crippen LogP contribution is -2.26. The van der Waals surface area contributed by atoms with Crippen molar-refractivity contribution in [2.75, 3.05) is 23.9 Å². The molecule has 0 bridgehead atoms. The van der Waals surface area contributed by atoms with Crippen molar-refractivity contribution < 1.29 is 0 Å². The summed E-state index contributed by atoms with van der Waals surface area (Å²) in [7, 11) is 0. The minimum Gasteiger partial charge on any atom is -0.399 e. The lowest BCUT2D eigenvalue weighted by atomic mass is 10.1. The largest absolute Gasteiger partial charge is 0.399 e. The van der Waals surface area contributed by atoms with Crippen LogP contribution in [0, 0.1) is 6.92 Å². The van der Waals surface area contributed by atoms with Gasteiger partial charge >= 0.3 is 0 Å².